The largest absolute Gasteiger partial charge is 0.370 e. The molecule has 3 heteroatoms. The monoisotopic (exact) mass is 301 g/mol. The average molecular weight is 301 g/mol. The highest BCUT2D eigenvalue weighted by molar-refractivity contribution is 5.47. The molecule has 1 atom stereocenters. The molecular formula is C19H31N3. The zero-order chi connectivity index (χ0) is 15.2. The number of hydrogen-bond acceptors (Lipinski definition) is 3. The highest BCUT2D eigenvalue weighted by atomic mass is 15.3. The Morgan fingerprint density at radius 3 is 2.45 bits per heavy atom. The van der Waals surface area contributed by atoms with Crippen LogP contribution in [0.4, 0.5) is 5.69 Å². The maximum absolute atomic E-state index is 2.67. The Balaban J connectivity index is 1.44. The van der Waals surface area contributed by atoms with Crippen LogP contribution in [0.5, 0.6) is 0 Å². The van der Waals surface area contributed by atoms with Crippen molar-refractivity contribution >= 4 is 5.69 Å². The maximum Gasteiger partial charge on any atom is 0.0366 e. The summed E-state index contributed by atoms with van der Waals surface area (Å²) in [5.41, 5.74) is 1.38. The van der Waals surface area contributed by atoms with E-state index in [4.69, 9.17) is 0 Å². The Hall–Kier alpha value is -1.06. The lowest BCUT2D eigenvalue weighted by Gasteiger charge is -2.28. The number of anilines is 1. The molecule has 22 heavy (non-hydrogen) atoms. The molecule has 1 aromatic carbocycles. The molecule has 3 rings (SSSR count). The van der Waals surface area contributed by atoms with Crippen LogP contribution >= 0.6 is 0 Å². The molecule has 0 radical (unpaired) electrons. The molecule has 2 aliphatic rings. The molecule has 2 heterocycles. The Bertz CT molecular complexity index is 426. The molecule has 0 N–H and O–H groups in total. The predicted octanol–water partition coefficient (Wildman–Crippen LogP) is 3.07. The second-order valence-corrected chi connectivity index (χ2v) is 6.96. The second kappa shape index (κ2) is 7.98. The lowest BCUT2D eigenvalue weighted by molar-refractivity contribution is 0.200. The van der Waals surface area contributed by atoms with Crippen molar-refractivity contribution in [2.75, 3.05) is 51.2 Å². The van der Waals surface area contributed by atoms with Crippen molar-refractivity contribution in [3.05, 3.63) is 30.3 Å². The van der Waals surface area contributed by atoms with Gasteiger partial charge >= 0.3 is 0 Å². The van der Waals surface area contributed by atoms with E-state index in [1.54, 1.807) is 0 Å². The topological polar surface area (TPSA) is 9.72 Å². The van der Waals surface area contributed by atoms with Gasteiger partial charge in [-0.1, -0.05) is 31.0 Å². The number of para-hydroxylation sites is 1. The van der Waals surface area contributed by atoms with Crippen molar-refractivity contribution in [1.82, 2.24) is 9.80 Å². The van der Waals surface area contributed by atoms with Crippen molar-refractivity contribution in [3.63, 3.8) is 0 Å². The van der Waals surface area contributed by atoms with E-state index >= 15 is 0 Å². The zero-order valence-corrected chi connectivity index (χ0v) is 14.1. The van der Waals surface area contributed by atoms with Crippen molar-refractivity contribution in [1.29, 1.82) is 0 Å². The van der Waals surface area contributed by atoms with Gasteiger partial charge in [0, 0.05) is 37.9 Å². The summed E-state index contributed by atoms with van der Waals surface area (Å²) in [6.45, 7) is 7.47. The van der Waals surface area contributed by atoms with Crippen molar-refractivity contribution in [3.8, 4) is 0 Å². The van der Waals surface area contributed by atoms with E-state index in [-0.39, 0.29) is 0 Å². The van der Waals surface area contributed by atoms with E-state index in [1.807, 2.05) is 0 Å². The minimum absolute atomic E-state index is 0.715. The third-order valence-electron chi connectivity index (χ3n) is 5.38. The summed E-state index contributed by atoms with van der Waals surface area (Å²) in [6.07, 6.45) is 6.96. The van der Waals surface area contributed by atoms with E-state index in [9.17, 15) is 0 Å². The average Bonchev–Trinajstić information content (AvgIpc) is 2.91. The SMILES string of the molecule is CN(CCN1CCCCCC1)C1CCN(c2ccccc2)C1. The molecule has 3 nitrogen and oxygen atoms in total. The van der Waals surface area contributed by atoms with Gasteiger partial charge in [0.2, 0.25) is 0 Å². The van der Waals surface area contributed by atoms with Crippen LogP contribution in [0.15, 0.2) is 30.3 Å². The summed E-state index contributed by atoms with van der Waals surface area (Å²) in [6, 6.07) is 11.6. The number of nitrogens with zero attached hydrogens (tertiary/aromatic N) is 3. The molecule has 0 bridgehead atoms. The number of likely N-dealkylation sites (tertiary alicyclic amines) is 1. The normalized spacial score (nSPS) is 23.9. The molecule has 0 aliphatic carbocycles. The fourth-order valence-electron chi connectivity index (χ4n) is 3.82. The minimum Gasteiger partial charge on any atom is -0.370 e. The van der Waals surface area contributed by atoms with Crippen molar-refractivity contribution < 1.29 is 0 Å². The summed E-state index contributed by atoms with van der Waals surface area (Å²) in [5, 5.41) is 0. The fourth-order valence-corrected chi connectivity index (χ4v) is 3.82. The Labute approximate surface area is 135 Å². The molecule has 2 saturated heterocycles. The Morgan fingerprint density at radius 2 is 1.73 bits per heavy atom. The van der Waals surface area contributed by atoms with Gasteiger partial charge in [0.1, 0.15) is 0 Å². The van der Waals surface area contributed by atoms with Crippen LogP contribution in [-0.2, 0) is 0 Å². The van der Waals surface area contributed by atoms with Gasteiger partial charge in [-0.15, -0.1) is 0 Å². The maximum atomic E-state index is 2.67. The minimum atomic E-state index is 0.715. The quantitative estimate of drug-likeness (QED) is 0.827. The highest BCUT2D eigenvalue weighted by Crippen LogP contribution is 2.22. The van der Waals surface area contributed by atoms with Gasteiger partial charge in [-0.25, -0.2) is 0 Å². The van der Waals surface area contributed by atoms with Gasteiger partial charge in [0.25, 0.3) is 0 Å². The third-order valence-corrected chi connectivity index (χ3v) is 5.38. The first kappa shape index (κ1) is 15.8. The van der Waals surface area contributed by atoms with Crippen LogP contribution in [-0.4, -0.2) is 62.2 Å². The summed E-state index contributed by atoms with van der Waals surface area (Å²) in [5.74, 6) is 0. The van der Waals surface area contributed by atoms with E-state index in [1.165, 1.54) is 77.1 Å². The van der Waals surface area contributed by atoms with Crippen LogP contribution in [0.2, 0.25) is 0 Å². The molecule has 1 aromatic rings. The lowest BCUT2D eigenvalue weighted by Crippen LogP contribution is -2.40. The number of benzene rings is 1. The first-order chi connectivity index (χ1) is 10.8. The first-order valence-electron chi connectivity index (χ1n) is 9.05. The van der Waals surface area contributed by atoms with Gasteiger partial charge in [-0.05, 0) is 51.5 Å². The van der Waals surface area contributed by atoms with E-state index in [2.05, 4.69) is 52.1 Å². The molecule has 0 amide bonds. The predicted molar refractivity (Wildman–Crippen MR) is 94.6 cm³/mol. The molecule has 0 spiro atoms. The number of likely N-dealkylation sites (N-methyl/N-ethyl adjacent to an activating group) is 1. The summed E-state index contributed by atoms with van der Waals surface area (Å²) >= 11 is 0. The molecular weight excluding hydrogens is 270 g/mol. The van der Waals surface area contributed by atoms with Crippen LogP contribution in [0.3, 0.4) is 0 Å². The fraction of sp³-hybridized carbons (Fsp3) is 0.684. The van der Waals surface area contributed by atoms with Crippen molar-refractivity contribution in [2.24, 2.45) is 0 Å². The molecule has 0 saturated carbocycles. The van der Waals surface area contributed by atoms with Gasteiger partial charge in [0.15, 0.2) is 0 Å². The molecule has 2 aliphatic heterocycles. The summed E-state index contributed by atoms with van der Waals surface area (Å²) in [7, 11) is 2.32. The first-order valence-corrected chi connectivity index (χ1v) is 9.05. The molecule has 122 valence electrons. The Kier molecular flexibility index (Phi) is 5.74. The number of rotatable bonds is 5. The van der Waals surface area contributed by atoms with E-state index in [0.29, 0.717) is 6.04 Å². The van der Waals surface area contributed by atoms with E-state index in [0.717, 1.165) is 0 Å². The highest BCUT2D eigenvalue weighted by Gasteiger charge is 2.25. The standard InChI is InChI=1S/C19H31N3/c1-20(15-16-21-12-7-2-3-8-13-21)19-11-14-22(17-19)18-9-5-4-6-10-18/h4-6,9-10,19H,2-3,7-8,11-17H2,1H3. The van der Waals surface area contributed by atoms with Crippen LogP contribution < -0.4 is 4.90 Å². The Morgan fingerprint density at radius 1 is 1.00 bits per heavy atom. The zero-order valence-electron chi connectivity index (χ0n) is 14.1. The number of hydrogen-bond donors (Lipinski definition) is 0. The second-order valence-electron chi connectivity index (χ2n) is 6.96. The lowest BCUT2D eigenvalue weighted by atomic mass is 10.2. The van der Waals surface area contributed by atoms with Crippen LogP contribution in [0.1, 0.15) is 32.1 Å². The van der Waals surface area contributed by atoms with Gasteiger partial charge in [-0.3, -0.25) is 0 Å². The van der Waals surface area contributed by atoms with Crippen LogP contribution in [0.25, 0.3) is 0 Å². The summed E-state index contributed by atoms with van der Waals surface area (Å²) < 4.78 is 0. The summed E-state index contributed by atoms with van der Waals surface area (Å²) in [4.78, 5) is 7.80. The molecule has 1 unspecified atom stereocenters. The van der Waals surface area contributed by atoms with Gasteiger partial charge in [-0.2, -0.15) is 0 Å². The smallest absolute Gasteiger partial charge is 0.0366 e. The van der Waals surface area contributed by atoms with Gasteiger partial charge < -0.3 is 14.7 Å². The van der Waals surface area contributed by atoms with E-state index < -0.39 is 0 Å². The molecule has 2 fully saturated rings. The molecule has 0 aromatic heterocycles. The van der Waals surface area contributed by atoms with Crippen LogP contribution in [0, 0.1) is 0 Å². The van der Waals surface area contributed by atoms with Gasteiger partial charge in [0.05, 0.1) is 0 Å². The third kappa shape index (κ3) is 4.23. The van der Waals surface area contributed by atoms with Crippen molar-refractivity contribution in [2.45, 2.75) is 38.1 Å².